The third-order valence-electron chi connectivity index (χ3n) is 3.32. The topological polar surface area (TPSA) is 20.2 Å². The second-order valence-corrected chi connectivity index (χ2v) is 5.86. The molecule has 1 aliphatic rings. The SMILES string of the molecule is CCSCCC(O)C1CC1c1ccccc1. The molecule has 1 saturated carbocycles. The van der Waals surface area contributed by atoms with E-state index in [1.165, 1.54) is 12.0 Å². The minimum Gasteiger partial charge on any atom is -0.393 e. The molecule has 16 heavy (non-hydrogen) atoms. The van der Waals surface area contributed by atoms with Crippen molar-refractivity contribution >= 4 is 11.8 Å². The van der Waals surface area contributed by atoms with Crippen LogP contribution in [0.3, 0.4) is 0 Å². The number of thioether (sulfide) groups is 1. The highest BCUT2D eigenvalue weighted by Gasteiger charge is 2.42. The molecule has 0 bridgehead atoms. The van der Waals surface area contributed by atoms with Crippen LogP contribution in [-0.4, -0.2) is 22.7 Å². The zero-order chi connectivity index (χ0) is 11.4. The molecule has 0 radical (unpaired) electrons. The molecule has 1 N–H and O–H groups in total. The minimum atomic E-state index is -0.0933. The van der Waals surface area contributed by atoms with Gasteiger partial charge in [-0.05, 0) is 41.7 Å². The molecule has 2 heteroatoms. The molecular weight excluding hydrogens is 216 g/mol. The highest BCUT2D eigenvalue weighted by Crippen LogP contribution is 2.50. The number of benzene rings is 1. The van der Waals surface area contributed by atoms with Crippen LogP contribution in [0.25, 0.3) is 0 Å². The Bertz CT molecular complexity index is 312. The van der Waals surface area contributed by atoms with Crippen molar-refractivity contribution in [1.82, 2.24) is 0 Å². The molecule has 1 aromatic carbocycles. The largest absolute Gasteiger partial charge is 0.393 e. The van der Waals surface area contributed by atoms with Crippen LogP contribution >= 0.6 is 11.8 Å². The number of hydrogen-bond acceptors (Lipinski definition) is 2. The van der Waals surface area contributed by atoms with Gasteiger partial charge in [-0.1, -0.05) is 37.3 Å². The fourth-order valence-electron chi connectivity index (χ4n) is 2.29. The van der Waals surface area contributed by atoms with Crippen molar-refractivity contribution in [1.29, 1.82) is 0 Å². The lowest BCUT2D eigenvalue weighted by Crippen LogP contribution is -2.11. The molecule has 0 aliphatic heterocycles. The molecule has 2 rings (SSSR count). The fourth-order valence-corrected chi connectivity index (χ4v) is 2.98. The van der Waals surface area contributed by atoms with E-state index in [0.29, 0.717) is 11.8 Å². The molecule has 1 fully saturated rings. The molecule has 88 valence electrons. The van der Waals surface area contributed by atoms with Crippen LogP contribution in [0.15, 0.2) is 30.3 Å². The van der Waals surface area contributed by atoms with Crippen molar-refractivity contribution in [2.24, 2.45) is 5.92 Å². The highest BCUT2D eigenvalue weighted by atomic mass is 32.2. The van der Waals surface area contributed by atoms with Gasteiger partial charge in [0, 0.05) is 0 Å². The molecule has 0 heterocycles. The summed E-state index contributed by atoms with van der Waals surface area (Å²) in [5, 5.41) is 10.0. The maximum atomic E-state index is 10.0. The van der Waals surface area contributed by atoms with Crippen molar-refractivity contribution in [3.05, 3.63) is 35.9 Å². The predicted molar refractivity (Wildman–Crippen MR) is 70.9 cm³/mol. The van der Waals surface area contributed by atoms with Gasteiger partial charge in [0.2, 0.25) is 0 Å². The van der Waals surface area contributed by atoms with Gasteiger partial charge in [0.25, 0.3) is 0 Å². The first-order valence-corrected chi connectivity index (χ1v) is 7.29. The summed E-state index contributed by atoms with van der Waals surface area (Å²) in [6, 6.07) is 10.6. The molecule has 3 atom stereocenters. The van der Waals surface area contributed by atoms with Gasteiger partial charge in [-0.25, -0.2) is 0 Å². The smallest absolute Gasteiger partial charge is 0.0582 e. The number of aliphatic hydroxyl groups excluding tert-OH is 1. The van der Waals surface area contributed by atoms with E-state index in [1.54, 1.807) is 0 Å². The first kappa shape index (κ1) is 12.0. The van der Waals surface area contributed by atoms with Gasteiger partial charge in [0.15, 0.2) is 0 Å². The van der Waals surface area contributed by atoms with E-state index in [0.717, 1.165) is 17.9 Å². The van der Waals surface area contributed by atoms with Crippen molar-refractivity contribution in [3.8, 4) is 0 Å². The average molecular weight is 236 g/mol. The second-order valence-electron chi connectivity index (χ2n) is 4.47. The Morgan fingerprint density at radius 2 is 2.12 bits per heavy atom. The summed E-state index contributed by atoms with van der Waals surface area (Å²) in [6.07, 6.45) is 2.03. The van der Waals surface area contributed by atoms with Gasteiger partial charge >= 0.3 is 0 Å². The van der Waals surface area contributed by atoms with E-state index in [2.05, 4.69) is 37.3 Å². The van der Waals surface area contributed by atoms with Crippen molar-refractivity contribution in [2.45, 2.75) is 31.8 Å². The Labute approximate surface area is 102 Å². The average Bonchev–Trinajstić information content (AvgIpc) is 3.10. The van der Waals surface area contributed by atoms with Gasteiger partial charge in [-0.15, -0.1) is 0 Å². The maximum absolute atomic E-state index is 10.0. The Hall–Kier alpha value is -0.470. The van der Waals surface area contributed by atoms with Crippen LogP contribution < -0.4 is 0 Å². The van der Waals surface area contributed by atoms with Gasteiger partial charge in [0.05, 0.1) is 6.10 Å². The molecule has 1 aromatic rings. The summed E-state index contributed by atoms with van der Waals surface area (Å²) in [4.78, 5) is 0. The summed E-state index contributed by atoms with van der Waals surface area (Å²) in [7, 11) is 0. The van der Waals surface area contributed by atoms with E-state index in [9.17, 15) is 5.11 Å². The third kappa shape index (κ3) is 3.02. The van der Waals surface area contributed by atoms with Gasteiger partial charge in [-0.3, -0.25) is 0 Å². The van der Waals surface area contributed by atoms with E-state index in [1.807, 2.05) is 11.8 Å². The molecular formula is C14H20OS. The van der Waals surface area contributed by atoms with E-state index >= 15 is 0 Å². The van der Waals surface area contributed by atoms with Crippen molar-refractivity contribution in [3.63, 3.8) is 0 Å². The molecule has 0 spiro atoms. The molecule has 1 aliphatic carbocycles. The standard InChI is InChI=1S/C14H20OS/c1-2-16-9-8-14(15)13-10-12(13)11-6-4-3-5-7-11/h3-7,12-15H,2,8-10H2,1H3. The first-order valence-electron chi connectivity index (χ1n) is 6.13. The Balaban J connectivity index is 1.78. The zero-order valence-electron chi connectivity index (χ0n) is 9.80. The Morgan fingerprint density at radius 3 is 2.81 bits per heavy atom. The summed E-state index contributed by atoms with van der Waals surface area (Å²) in [5.41, 5.74) is 1.40. The van der Waals surface area contributed by atoms with Crippen LogP contribution in [0.4, 0.5) is 0 Å². The van der Waals surface area contributed by atoms with E-state index < -0.39 is 0 Å². The molecule has 0 amide bonds. The molecule has 0 aromatic heterocycles. The lowest BCUT2D eigenvalue weighted by atomic mass is 10.1. The van der Waals surface area contributed by atoms with Gasteiger partial charge in [0.1, 0.15) is 0 Å². The fraction of sp³-hybridized carbons (Fsp3) is 0.571. The maximum Gasteiger partial charge on any atom is 0.0582 e. The van der Waals surface area contributed by atoms with Crippen molar-refractivity contribution < 1.29 is 5.11 Å². The summed E-state index contributed by atoms with van der Waals surface area (Å²) < 4.78 is 0. The van der Waals surface area contributed by atoms with Crippen LogP contribution in [-0.2, 0) is 0 Å². The number of rotatable bonds is 6. The summed E-state index contributed by atoms with van der Waals surface area (Å²) in [5.74, 6) is 3.37. The highest BCUT2D eigenvalue weighted by molar-refractivity contribution is 7.99. The minimum absolute atomic E-state index is 0.0933. The molecule has 3 unspecified atom stereocenters. The molecule has 1 nitrogen and oxygen atoms in total. The Kier molecular flexibility index (Phi) is 4.30. The number of hydrogen-bond donors (Lipinski definition) is 1. The van der Waals surface area contributed by atoms with E-state index in [-0.39, 0.29) is 6.10 Å². The quantitative estimate of drug-likeness (QED) is 0.765. The van der Waals surface area contributed by atoms with Crippen LogP contribution in [0.2, 0.25) is 0 Å². The molecule has 0 saturated heterocycles. The lowest BCUT2D eigenvalue weighted by molar-refractivity contribution is 0.146. The summed E-state index contributed by atoms with van der Waals surface area (Å²) >= 11 is 1.92. The third-order valence-corrected chi connectivity index (χ3v) is 4.26. The van der Waals surface area contributed by atoms with Gasteiger partial charge < -0.3 is 5.11 Å². The first-order chi connectivity index (χ1) is 7.83. The second kappa shape index (κ2) is 5.74. The Morgan fingerprint density at radius 1 is 1.38 bits per heavy atom. The summed E-state index contributed by atoms with van der Waals surface area (Å²) in [6.45, 7) is 2.17. The van der Waals surface area contributed by atoms with Crippen LogP contribution in [0.1, 0.15) is 31.2 Å². The van der Waals surface area contributed by atoms with Crippen LogP contribution in [0, 0.1) is 5.92 Å². The normalized spacial score (nSPS) is 25.4. The van der Waals surface area contributed by atoms with E-state index in [4.69, 9.17) is 0 Å². The number of aliphatic hydroxyl groups is 1. The van der Waals surface area contributed by atoms with Gasteiger partial charge in [-0.2, -0.15) is 11.8 Å². The predicted octanol–water partition coefficient (Wildman–Crippen LogP) is 3.29. The van der Waals surface area contributed by atoms with Crippen LogP contribution in [0.5, 0.6) is 0 Å². The van der Waals surface area contributed by atoms with Crippen molar-refractivity contribution in [2.75, 3.05) is 11.5 Å². The zero-order valence-corrected chi connectivity index (χ0v) is 10.6. The monoisotopic (exact) mass is 236 g/mol. The lowest BCUT2D eigenvalue weighted by Gasteiger charge is -2.09.